The first kappa shape index (κ1) is 32.6. The van der Waals surface area contributed by atoms with E-state index in [0.717, 1.165) is 40.3 Å². The number of methoxy groups -OCH3 is 1. The molecule has 0 saturated heterocycles. The fraction of sp³-hybridized carbons (Fsp3) is 0.424. The molecular formula is C33H37ClN4O6S2. The minimum atomic E-state index is -4.09. The van der Waals surface area contributed by atoms with Crippen LogP contribution in [0.3, 0.4) is 0 Å². The normalized spacial score (nSPS) is 16.7. The zero-order valence-corrected chi connectivity index (χ0v) is 28.9. The molecule has 0 unspecified atom stereocenters. The number of hydrogen-bond acceptors (Lipinski definition) is 9. The van der Waals surface area contributed by atoms with E-state index in [9.17, 15) is 13.2 Å². The lowest BCUT2D eigenvalue weighted by molar-refractivity contribution is -0.171. The molecule has 2 aliphatic rings. The van der Waals surface area contributed by atoms with Crippen LogP contribution in [0.5, 0.6) is 0 Å². The van der Waals surface area contributed by atoms with Gasteiger partial charge in [-0.2, -0.15) is 0 Å². The van der Waals surface area contributed by atoms with Gasteiger partial charge in [0.05, 0.1) is 20.5 Å². The highest BCUT2D eigenvalue weighted by Crippen LogP contribution is 2.49. The van der Waals surface area contributed by atoms with Crippen LogP contribution in [0.1, 0.15) is 62.7 Å². The molecule has 0 atom stereocenters. The van der Waals surface area contributed by atoms with Gasteiger partial charge < -0.3 is 19.1 Å². The van der Waals surface area contributed by atoms with Gasteiger partial charge in [-0.15, -0.1) is 11.3 Å². The first-order valence-electron chi connectivity index (χ1n) is 15.1. The molecule has 0 N–H and O–H groups in total. The Hall–Kier alpha value is -3.29. The molecule has 10 nitrogen and oxygen atoms in total. The van der Waals surface area contributed by atoms with Crippen LogP contribution in [-0.2, 0) is 29.8 Å². The van der Waals surface area contributed by atoms with Gasteiger partial charge in [-0.05, 0) is 77.2 Å². The Balaban J connectivity index is 1.48. The van der Waals surface area contributed by atoms with Crippen molar-refractivity contribution in [1.29, 1.82) is 0 Å². The Morgan fingerprint density at radius 2 is 1.87 bits per heavy atom. The molecule has 46 heavy (non-hydrogen) atoms. The first-order valence-corrected chi connectivity index (χ1v) is 17.8. The second-order valence-corrected chi connectivity index (χ2v) is 15.9. The van der Waals surface area contributed by atoms with Crippen LogP contribution in [0.15, 0.2) is 53.7 Å². The van der Waals surface area contributed by atoms with E-state index >= 15 is 0 Å². The van der Waals surface area contributed by atoms with Gasteiger partial charge in [0.25, 0.3) is 10.0 Å². The Morgan fingerprint density at radius 3 is 2.48 bits per heavy atom. The van der Waals surface area contributed by atoms with E-state index < -0.39 is 27.3 Å². The summed E-state index contributed by atoms with van der Waals surface area (Å²) in [5, 5.41) is 1.80. The molecule has 13 heteroatoms. The molecule has 1 saturated carbocycles. The molecule has 1 amide bonds. The van der Waals surface area contributed by atoms with Crippen molar-refractivity contribution in [2.45, 2.75) is 69.5 Å². The zero-order chi connectivity index (χ0) is 32.9. The number of halogens is 1. The molecule has 3 aromatic heterocycles. The summed E-state index contributed by atoms with van der Waals surface area (Å²) in [6.45, 7) is 8.19. The van der Waals surface area contributed by atoms with Crippen molar-refractivity contribution >= 4 is 55.7 Å². The van der Waals surface area contributed by atoms with E-state index in [1.807, 2.05) is 39.8 Å². The molecule has 1 aliphatic heterocycles. The number of ether oxygens (including phenoxy) is 3. The van der Waals surface area contributed by atoms with E-state index in [0.29, 0.717) is 34.6 Å². The highest BCUT2D eigenvalue weighted by Gasteiger charge is 2.43. The van der Waals surface area contributed by atoms with E-state index in [2.05, 4.69) is 4.98 Å². The van der Waals surface area contributed by atoms with Crippen LogP contribution < -0.4 is 0 Å². The lowest BCUT2D eigenvalue weighted by atomic mass is 9.80. The largest absolute Gasteiger partial charge is 0.444 e. The third-order valence-corrected chi connectivity index (χ3v) is 11.5. The average Bonchev–Trinajstić information content (AvgIpc) is 3.62. The predicted molar refractivity (Wildman–Crippen MR) is 179 cm³/mol. The number of pyridine rings is 1. The van der Waals surface area contributed by atoms with Crippen molar-refractivity contribution in [3.63, 3.8) is 0 Å². The molecule has 0 radical (unpaired) electrons. The van der Waals surface area contributed by atoms with E-state index in [1.54, 1.807) is 42.5 Å². The molecule has 1 aliphatic carbocycles. The smallest absolute Gasteiger partial charge is 0.410 e. The summed E-state index contributed by atoms with van der Waals surface area (Å²) in [4.78, 5) is 24.6. The fourth-order valence-electron chi connectivity index (χ4n) is 5.72. The van der Waals surface area contributed by atoms with Crippen LogP contribution >= 0.6 is 22.9 Å². The number of amides is 1. The third kappa shape index (κ3) is 6.09. The van der Waals surface area contributed by atoms with Gasteiger partial charge in [-0.3, -0.25) is 0 Å². The number of carbonyl (C=O) groups is 1. The lowest BCUT2D eigenvalue weighted by Crippen LogP contribution is -2.39. The van der Waals surface area contributed by atoms with Gasteiger partial charge in [-0.1, -0.05) is 35.4 Å². The van der Waals surface area contributed by atoms with Crippen molar-refractivity contribution in [3.8, 4) is 10.4 Å². The summed E-state index contributed by atoms with van der Waals surface area (Å²) in [7, 11) is -2.49. The van der Waals surface area contributed by atoms with Gasteiger partial charge in [0.1, 0.15) is 23.0 Å². The Bertz CT molecular complexity index is 1920. The van der Waals surface area contributed by atoms with Crippen LogP contribution in [-0.4, -0.2) is 65.9 Å². The maximum absolute atomic E-state index is 14.4. The van der Waals surface area contributed by atoms with Crippen molar-refractivity contribution < 1.29 is 27.4 Å². The summed E-state index contributed by atoms with van der Waals surface area (Å²) in [6.07, 6.45) is 7.85. The summed E-state index contributed by atoms with van der Waals surface area (Å²) in [5.41, 5.74) is 1.98. The minimum Gasteiger partial charge on any atom is -0.444 e. The number of aromatic nitrogens is 3. The van der Waals surface area contributed by atoms with Gasteiger partial charge in [0.15, 0.2) is 5.65 Å². The maximum Gasteiger partial charge on any atom is 0.410 e. The predicted octanol–water partition coefficient (Wildman–Crippen LogP) is 7.38. The molecule has 1 aromatic carbocycles. The maximum atomic E-state index is 14.4. The molecule has 4 heterocycles. The number of hydrogen-bond donors (Lipinski definition) is 0. The number of carbonyl (C=O) groups excluding carboxylic acids is 1. The molecular weight excluding hydrogens is 648 g/mol. The van der Waals surface area contributed by atoms with Crippen molar-refractivity contribution in [2.75, 3.05) is 27.0 Å². The second kappa shape index (κ2) is 12.4. The number of benzene rings is 1. The number of thiazole rings is 1. The van der Waals surface area contributed by atoms with Gasteiger partial charge >= 0.3 is 6.09 Å². The van der Waals surface area contributed by atoms with E-state index in [1.165, 1.54) is 21.5 Å². The number of rotatable bonds is 8. The molecule has 1 fully saturated rings. The molecule has 0 bridgehead atoms. The Morgan fingerprint density at radius 1 is 1.13 bits per heavy atom. The van der Waals surface area contributed by atoms with Crippen LogP contribution in [0.4, 0.5) is 4.79 Å². The molecule has 4 aromatic rings. The minimum absolute atomic E-state index is 0.143. The molecule has 6 rings (SSSR count). The van der Waals surface area contributed by atoms with E-state index in [4.69, 9.17) is 30.8 Å². The number of aryl methyl sites for hydroxylation is 1. The van der Waals surface area contributed by atoms with Crippen molar-refractivity contribution in [2.24, 2.45) is 0 Å². The summed E-state index contributed by atoms with van der Waals surface area (Å²) in [6, 6.07) is 8.58. The van der Waals surface area contributed by atoms with Gasteiger partial charge in [0.2, 0.25) is 0 Å². The van der Waals surface area contributed by atoms with Crippen molar-refractivity contribution in [3.05, 3.63) is 70.1 Å². The lowest BCUT2D eigenvalue weighted by Gasteiger charge is -2.39. The second-order valence-electron chi connectivity index (χ2n) is 12.7. The standard InChI is InChI=1S/C33H37ClN4O6S2/c1-21-7-9-23(10-8-21)46(40,41)38-26(22-11-15-37(16-12-22)31(39)44-32(2,3)4)17-24-28(25(34)18-35-29(24)38)27-19-36-30(45-27)33(13-6-14-33)43-20-42-5/h7-11,17-19H,6,12-16,20H2,1-5H3. The quantitative estimate of drug-likeness (QED) is 0.177. The first-order chi connectivity index (χ1) is 21.8. The third-order valence-electron chi connectivity index (χ3n) is 8.25. The van der Waals surface area contributed by atoms with Gasteiger partial charge in [-0.25, -0.2) is 27.2 Å². The summed E-state index contributed by atoms with van der Waals surface area (Å²) >= 11 is 8.31. The Labute approximate surface area is 278 Å². The van der Waals surface area contributed by atoms with E-state index in [-0.39, 0.29) is 23.9 Å². The van der Waals surface area contributed by atoms with Crippen LogP contribution in [0, 0.1) is 6.92 Å². The van der Waals surface area contributed by atoms with Crippen LogP contribution in [0.2, 0.25) is 5.02 Å². The summed E-state index contributed by atoms with van der Waals surface area (Å²) in [5.74, 6) is 0. The van der Waals surface area contributed by atoms with Crippen LogP contribution in [0.25, 0.3) is 27.0 Å². The van der Waals surface area contributed by atoms with Crippen molar-refractivity contribution in [1.82, 2.24) is 18.8 Å². The van der Waals surface area contributed by atoms with Gasteiger partial charge in [0, 0.05) is 43.5 Å². The fourth-order valence-corrected chi connectivity index (χ4v) is 8.71. The SMILES string of the molecule is COCOC1(c2ncc(-c3c(Cl)cnc4c3cc(C3=CCN(C(=O)OC(C)(C)C)CC3)n4S(=O)(=O)c3ccc(C)cc3)s2)CCC1. The highest BCUT2D eigenvalue weighted by molar-refractivity contribution is 7.90. The Kier molecular flexibility index (Phi) is 8.79. The summed E-state index contributed by atoms with van der Waals surface area (Å²) < 4.78 is 46.9. The number of nitrogens with zero attached hydrogens (tertiary/aromatic N) is 4. The average molecular weight is 685 g/mol. The molecule has 244 valence electrons. The number of fused-ring (bicyclic) bond motifs is 1. The molecule has 0 spiro atoms. The highest BCUT2D eigenvalue weighted by atomic mass is 35.5. The monoisotopic (exact) mass is 684 g/mol. The zero-order valence-electron chi connectivity index (χ0n) is 26.5. The topological polar surface area (TPSA) is 113 Å².